The van der Waals surface area contributed by atoms with Gasteiger partial charge >= 0.3 is 5.97 Å². The Hall–Kier alpha value is -2.37. The summed E-state index contributed by atoms with van der Waals surface area (Å²) < 4.78 is 5.15. The Balaban J connectivity index is 2.45. The number of carbonyl (C=O) groups excluding carboxylic acids is 3. The first-order valence-corrected chi connectivity index (χ1v) is 10.8. The first-order chi connectivity index (χ1) is 14.0. The van der Waals surface area contributed by atoms with Gasteiger partial charge in [-0.25, -0.2) is 0 Å². The average Bonchev–Trinajstić information content (AvgIpc) is 2.71. The third-order valence-corrected chi connectivity index (χ3v) is 4.62. The topological polar surface area (TPSA) is 75.7 Å². The molecule has 0 aromatic heterocycles. The number of carbonyl (C=O) groups is 3. The van der Waals surface area contributed by atoms with E-state index in [2.05, 4.69) is 19.2 Å². The summed E-state index contributed by atoms with van der Waals surface area (Å²) in [6.07, 6.45) is 3.54. The Bertz CT molecular complexity index is 613. The van der Waals surface area contributed by atoms with E-state index in [1.165, 1.54) is 0 Å². The van der Waals surface area contributed by atoms with E-state index >= 15 is 0 Å². The van der Waals surface area contributed by atoms with Crippen LogP contribution in [0.25, 0.3) is 0 Å². The maximum Gasteiger partial charge on any atom is 0.311 e. The van der Waals surface area contributed by atoms with Crippen molar-refractivity contribution in [2.24, 2.45) is 5.92 Å². The molecule has 6 nitrogen and oxygen atoms in total. The molecule has 0 aliphatic carbocycles. The molecule has 2 amide bonds. The fourth-order valence-electron chi connectivity index (χ4n) is 3.18. The third kappa shape index (κ3) is 10.1. The predicted molar refractivity (Wildman–Crippen MR) is 114 cm³/mol. The number of esters is 1. The molecule has 0 heterocycles. The van der Waals surface area contributed by atoms with Crippen molar-refractivity contribution in [2.75, 3.05) is 26.2 Å². The van der Waals surface area contributed by atoms with Crippen LogP contribution in [0.4, 0.5) is 0 Å². The summed E-state index contributed by atoms with van der Waals surface area (Å²) in [7, 11) is 0. The van der Waals surface area contributed by atoms with E-state index in [1.54, 1.807) is 6.92 Å². The summed E-state index contributed by atoms with van der Waals surface area (Å²) in [5.41, 5.74) is 1.03. The Kier molecular flexibility index (Phi) is 12.4. The predicted octanol–water partition coefficient (Wildman–Crippen LogP) is 3.34. The molecule has 0 fully saturated rings. The lowest BCUT2D eigenvalue weighted by Crippen LogP contribution is -2.35. The van der Waals surface area contributed by atoms with Gasteiger partial charge in [-0.05, 0) is 38.2 Å². The molecule has 1 N–H and O–H groups in total. The fourth-order valence-corrected chi connectivity index (χ4v) is 3.18. The third-order valence-electron chi connectivity index (χ3n) is 4.62. The van der Waals surface area contributed by atoms with Gasteiger partial charge in [0.05, 0.1) is 12.5 Å². The lowest BCUT2D eigenvalue weighted by atomic mass is 9.99. The summed E-state index contributed by atoms with van der Waals surface area (Å²) in [5, 5.41) is 2.83. The highest BCUT2D eigenvalue weighted by molar-refractivity contribution is 5.80. The van der Waals surface area contributed by atoms with Gasteiger partial charge in [-0.2, -0.15) is 0 Å². The molecule has 0 saturated carbocycles. The van der Waals surface area contributed by atoms with Crippen LogP contribution >= 0.6 is 0 Å². The number of rotatable bonds is 14. The summed E-state index contributed by atoms with van der Waals surface area (Å²) >= 11 is 0. The van der Waals surface area contributed by atoms with Crippen LogP contribution in [-0.4, -0.2) is 48.9 Å². The molecule has 6 heteroatoms. The monoisotopic (exact) mass is 404 g/mol. The maximum absolute atomic E-state index is 12.3. The van der Waals surface area contributed by atoms with Crippen molar-refractivity contribution in [3.05, 3.63) is 35.9 Å². The van der Waals surface area contributed by atoms with Crippen LogP contribution in [0.15, 0.2) is 30.3 Å². The number of nitrogens with one attached hydrogen (secondary N) is 1. The number of hydrogen-bond acceptors (Lipinski definition) is 4. The van der Waals surface area contributed by atoms with Crippen molar-refractivity contribution in [1.82, 2.24) is 10.2 Å². The Morgan fingerprint density at radius 2 is 1.66 bits per heavy atom. The minimum atomic E-state index is -0.424. The maximum atomic E-state index is 12.3. The largest absolute Gasteiger partial charge is 0.466 e. The van der Waals surface area contributed by atoms with Gasteiger partial charge in [0.15, 0.2) is 0 Å². The molecular weight excluding hydrogens is 368 g/mol. The lowest BCUT2D eigenvalue weighted by Gasteiger charge is -2.21. The zero-order chi connectivity index (χ0) is 21.5. The molecule has 1 aromatic rings. The van der Waals surface area contributed by atoms with E-state index in [1.807, 2.05) is 35.2 Å². The molecule has 29 heavy (non-hydrogen) atoms. The molecule has 0 spiro atoms. The van der Waals surface area contributed by atoms with Gasteiger partial charge in [-0.15, -0.1) is 0 Å². The van der Waals surface area contributed by atoms with Crippen LogP contribution in [-0.2, 0) is 25.5 Å². The average molecular weight is 405 g/mol. The highest BCUT2D eigenvalue weighted by Crippen LogP contribution is 2.11. The first kappa shape index (κ1) is 24.7. The summed E-state index contributed by atoms with van der Waals surface area (Å²) in [6, 6.07) is 9.69. The van der Waals surface area contributed by atoms with Crippen molar-refractivity contribution >= 4 is 17.8 Å². The number of hydrogen-bond donors (Lipinski definition) is 1. The van der Waals surface area contributed by atoms with Gasteiger partial charge in [0, 0.05) is 32.5 Å². The molecule has 1 unspecified atom stereocenters. The minimum absolute atomic E-state index is 0.106. The lowest BCUT2D eigenvalue weighted by molar-refractivity contribution is -0.147. The van der Waals surface area contributed by atoms with Crippen LogP contribution in [0.1, 0.15) is 58.4 Å². The number of amides is 2. The van der Waals surface area contributed by atoms with Crippen LogP contribution in [0.5, 0.6) is 0 Å². The van der Waals surface area contributed by atoms with Crippen molar-refractivity contribution in [3.8, 4) is 0 Å². The number of nitrogens with zero attached hydrogens (tertiary/aromatic N) is 1. The second-order valence-electron chi connectivity index (χ2n) is 7.18. The minimum Gasteiger partial charge on any atom is -0.466 e. The Morgan fingerprint density at radius 3 is 2.24 bits per heavy atom. The van der Waals surface area contributed by atoms with Crippen LogP contribution in [0, 0.1) is 5.92 Å². The molecule has 0 aliphatic rings. The molecular formula is C23H36N2O4. The Morgan fingerprint density at radius 1 is 1.00 bits per heavy atom. The van der Waals surface area contributed by atoms with E-state index in [9.17, 15) is 14.4 Å². The molecule has 0 radical (unpaired) electrons. The van der Waals surface area contributed by atoms with Gasteiger partial charge in [0.25, 0.3) is 0 Å². The second kappa shape index (κ2) is 14.6. The molecule has 1 rings (SSSR count). The van der Waals surface area contributed by atoms with E-state index < -0.39 is 5.92 Å². The van der Waals surface area contributed by atoms with Gasteiger partial charge in [-0.3, -0.25) is 14.4 Å². The van der Waals surface area contributed by atoms with E-state index in [4.69, 9.17) is 4.74 Å². The molecule has 0 aliphatic heterocycles. The van der Waals surface area contributed by atoms with Gasteiger partial charge in [0.2, 0.25) is 11.8 Å². The first-order valence-electron chi connectivity index (χ1n) is 10.8. The van der Waals surface area contributed by atoms with Gasteiger partial charge in [-0.1, -0.05) is 44.2 Å². The van der Waals surface area contributed by atoms with E-state index in [-0.39, 0.29) is 30.7 Å². The molecule has 0 saturated heterocycles. The van der Waals surface area contributed by atoms with Crippen LogP contribution in [0.3, 0.4) is 0 Å². The highest BCUT2D eigenvalue weighted by Gasteiger charge is 2.21. The zero-order valence-corrected chi connectivity index (χ0v) is 18.1. The van der Waals surface area contributed by atoms with Crippen LogP contribution < -0.4 is 5.32 Å². The highest BCUT2D eigenvalue weighted by atomic mass is 16.5. The van der Waals surface area contributed by atoms with Gasteiger partial charge in [0.1, 0.15) is 0 Å². The van der Waals surface area contributed by atoms with Crippen LogP contribution in [0.2, 0.25) is 0 Å². The number of benzene rings is 1. The summed E-state index contributed by atoms with van der Waals surface area (Å²) in [6.45, 7) is 7.95. The van der Waals surface area contributed by atoms with E-state index in [0.717, 1.165) is 31.5 Å². The Labute approximate surface area is 175 Å². The van der Waals surface area contributed by atoms with Gasteiger partial charge < -0.3 is 15.0 Å². The zero-order valence-electron chi connectivity index (χ0n) is 18.1. The van der Waals surface area contributed by atoms with Crippen molar-refractivity contribution in [2.45, 2.75) is 59.3 Å². The summed E-state index contributed by atoms with van der Waals surface area (Å²) in [5.74, 6) is -0.762. The molecule has 1 aromatic carbocycles. The molecule has 1 atom stereocenters. The second-order valence-corrected chi connectivity index (χ2v) is 7.18. The van der Waals surface area contributed by atoms with Crippen molar-refractivity contribution in [3.63, 3.8) is 0 Å². The quantitative estimate of drug-likeness (QED) is 0.483. The SMILES string of the molecule is CCCN(CCC)C(=O)CCCC(=O)NCC(Cc1ccccc1)C(=O)OCC. The molecule has 0 bridgehead atoms. The van der Waals surface area contributed by atoms with Crippen molar-refractivity contribution in [1.29, 1.82) is 0 Å². The van der Waals surface area contributed by atoms with Crippen molar-refractivity contribution < 1.29 is 19.1 Å². The summed E-state index contributed by atoms with van der Waals surface area (Å²) in [4.78, 5) is 38.6. The standard InChI is InChI=1S/C23H36N2O4/c1-4-15-25(16-5-2)22(27)14-10-13-21(26)24-18-20(23(28)29-6-3)17-19-11-8-7-9-12-19/h7-9,11-12,20H,4-6,10,13-18H2,1-3H3,(H,24,26). The normalized spacial score (nSPS) is 11.6. The number of ether oxygens (including phenoxy) is 1. The smallest absolute Gasteiger partial charge is 0.311 e. The molecule has 162 valence electrons. The fraction of sp³-hybridized carbons (Fsp3) is 0.609. The van der Waals surface area contributed by atoms with E-state index in [0.29, 0.717) is 25.9 Å².